The highest BCUT2D eigenvalue weighted by atomic mass is 16.5. The smallest absolute Gasteiger partial charge is 0.329 e. The van der Waals surface area contributed by atoms with Crippen molar-refractivity contribution in [3.8, 4) is 5.75 Å². The number of hydrogen-bond donors (Lipinski definition) is 2. The summed E-state index contributed by atoms with van der Waals surface area (Å²) >= 11 is 0. The molecule has 1 amide bonds. The van der Waals surface area contributed by atoms with Crippen LogP contribution in [0.15, 0.2) is 24.3 Å². The second kappa shape index (κ2) is 6.81. The number of carbonyl (C=O) groups is 2. The van der Waals surface area contributed by atoms with Gasteiger partial charge in [0.1, 0.15) is 11.3 Å². The van der Waals surface area contributed by atoms with Gasteiger partial charge in [0.2, 0.25) is 0 Å². The minimum absolute atomic E-state index is 0.347. The topological polar surface area (TPSA) is 75.6 Å². The highest BCUT2D eigenvalue weighted by Crippen LogP contribution is 2.32. The van der Waals surface area contributed by atoms with E-state index in [1.165, 1.54) is 0 Å². The van der Waals surface area contributed by atoms with E-state index in [0.717, 1.165) is 12.8 Å². The molecule has 0 saturated heterocycles. The Labute approximate surface area is 130 Å². The summed E-state index contributed by atoms with van der Waals surface area (Å²) in [6.07, 6.45) is 2.59. The molecule has 0 bridgehead atoms. The van der Waals surface area contributed by atoms with Gasteiger partial charge in [-0.25, -0.2) is 4.79 Å². The number of nitrogens with one attached hydrogen (secondary N) is 1. The molecule has 2 rings (SSSR count). The molecule has 5 heteroatoms. The second-order valence-corrected chi connectivity index (χ2v) is 5.98. The number of ether oxygens (including phenoxy) is 1. The first kappa shape index (κ1) is 16.3. The molecule has 0 aromatic heterocycles. The van der Waals surface area contributed by atoms with Crippen LogP contribution in [0.3, 0.4) is 0 Å². The van der Waals surface area contributed by atoms with Gasteiger partial charge in [0.25, 0.3) is 5.91 Å². The summed E-state index contributed by atoms with van der Waals surface area (Å²) in [6, 6.07) is 6.74. The molecular formula is C17H23NO4. The van der Waals surface area contributed by atoms with E-state index in [1.807, 2.05) is 6.92 Å². The minimum atomic E-state index is -1.14. The van der Waals surface area contributed by atoms with Gasteiger partial charge in [0.05, 0.1) is 6.61 Å². The number of amides is 1. The van der Waals surface area contributed by atoms with Crippen LogP contribution in [0.5, 0.6) is 5.75 Å². The van der Waals surface area contributed by atoms with Crippen molar-refractivity contribution in [2.24, 2.45) is 5.92 Å². The maximum atomic E-state index is 12.4. The van der Waals surface area contributed by atoms with Crippen LogP contribution < -0.4 is 10.1 Å². The van der Waals surface area contributed by atoms with Crippen LogP contribution in [-0.2, 0) is 4.79 Å². The number of hydrogen-bond acceptors (Lipinski definition) is 3. The third kappa shape index (κ3) is 3.59. The normalized spacial score (nSPS) is 24.5. The molecule has 0 spiro atoms. The number of aliphatic carboxylic acids is 1. The van der Waals surface area contributed by atoms with Gasteiger partial charge in [-0.3, -0.25) is 4.79 Å². The van der Waals surface area contributed by atoms with Gasteiger partial charge in [-0.05, 0) is 62.8 Å². The van der Waals surface area contributed by atoms with Crippen LogP contribution >= 0.6 is 0 Å². The zero-order valence-corrected chi connectivity index (χ0v) is 13.1. The van der Waals surface area contributed by atoms with Gasteiger partial charge in [-0.15, -0.1) is 0 Å². The Morgan fingerprint density at radius 3 is 2.36 bits per heavy atom. The predicted molar refractivity (Wildman–Crippen MR) is 83.1 cm³/mol. The van der Waals surface area contributed by atoms with Crippen molar-refractivity contribution in [2.75, 3.05) is 6.61 Å². The summed E-state index contributed by atoms with van der Waals surface area (Å²) in [4.78, 5) is 24.0. The van der Waals surface area contributed by atoms with E-state index in [0.29, 0.717) is 36.7 Å². The predicted octanol–water partition coefficient (Wildman–Crippen LogP) is 2.85. The average Bonchev–Trinajstić information content (AvgIpc) is 2.50. The van der Waals surface area contributed by atoms with Crippen molar-refractivity contribution in [1.82, 2.24) is 5.32 Å². The molecule has 0 aliphatic heterocycles. The molecule has 1 fully saturated rings. The van der Waals surface area contributed by atoms with Crippen molar-refractivity contribution < 1.29 is 19.4 Å². The van der Waals surface area contributed by atoms with Crippen molar-refractivity contribution in [3.63, 3.8) is 0 Å². The molecule has 0 radical (unpaired) electrons. The molecule has 0 unspecified atom stereocenters. The molecule has 0 atom stereocenters. The Kier molecular flexibility index (Phi) is 5.06. The van der Waals surface area contributed by atoms with Crippen molar-refractivity contribution in [3.05, 3.63) is 29.8 Å². The largest absolute Gasteiger partial charge is 0.494 e. The molecule has 1 aromatic rings. The Morgan fingerprint density at radius 2 is 1.86 bits per heavy atom. The van der Waals surface area contributed by atoms with Crippen LogP contribution in [0.4, 0.5) is 0 Å². The highest BCUT2D eigenvalue weighted by molar-refractivity contribution is 5.98. The maximum absolute atomic E-state index is 12.4. The van der Waals surface area contributed by atoms with Crippen LogP contribution in [0.2, 0.25) is 0 Å². The molecule has 1 aromatic carbocycles. The number of rotatable bonds is 5. The van der Waals surface area contributed by atoms with Crippen molar-refractivity contribution >= 4 is 11.9 Å². The van der Waals surface area contributed by atoms with Crippen LogP contribution in [0.1, 0.15) is 49.9 Å². The number of carboxylic acids is 1. The van der Waals surface area contributed by atoms with Crippen LogP contribution in [-0.4, -0.2) is 29.1 Å². The number of carbonyl (C=O) groups excluding carboxylic acids is 1. The zero-order valence-electron chi connectivity index (χ0n) is 13.1. The van der Waals surface area contributed by atoms with Crippen molar-refractivity contribution in [2.45, 2.75) is 45.1 Å². The van der Waals surface area contributed by atoms with Crippen molar-refractivity contribution in [1.29, 1.82) is 0 Å². The van der Waals surface area contributed by atoms with Gasteiger partial charge < -0.3 is 15.2 Å². The molecular weight excluding hydrogens is 282 g/mol. The second-order valence-electron chi connectivity index (χ2n) is 5.98. The Morgan fingerprint density at radius 1 is 1.27 bits per heavy atom. The SMILES string of the molecule is CCOc1ccc(C(=O)NC2(C(=O)O)CCC(C)CC2)cc1. The third-order valence-corrected chi connectivity index (χ3v) is 4.32. The standard InChI is InChI=1S/C17H23NO4/c1-3-22-14-6-4-13(5-7-14)15(19)18-17(16(20)21)10-8-12(2)9-11-17/h4-7,12H,3,8-11H2,1-2H3,(H,18,19)(H,20,21). The lowest BCUT2D eigenvalue weighted by Crippen LogP contribution is -2.56. The Balaban J connectivity index is 2.09. The lowest BCUT2D eigenvalue weighted by Gasteiger charge is -2.36. The lowest BCUT2D eigenvalue weighted by molar-refractivity contribution is -0.146. The number of benzene rings is 1. The molecule has 5 nitrogen and oxygen atoms in total. The monoisotopic (exact) mass is 305 g/mol. The summed E-state index contributed by atoms with van der Waals surface area (Å²) in [7, 11) is 0. The van der Waals surface area contributed by atoms with E-state index in [2.05, 4.69) is 12.2 Å². The third-order valence-electron chi connectivity index (χ3n) is 4.32. The fraction of sp³-hybridized carbons (Fsp3) is 0.529. The van der Waals surface area contributed by atoms with E-state index in [4.69, 9.17) is 4.74 Å². The molecule has 1 aliphatic carbocycles. The minimum Gasteiger partial charge on any atom is -0.494 e. The average molecular weight is 305 g/mol. The fourth-order valence-electron chi connectivity index (χ4n) is 2.81. The van der Waals surface area contributed by atoms with Crippen LogP contribution in [0, 0.1) is 5.92 Å². The van der Waals surface area contributed by atoms with Gasteiger partial charge in [0.15, 0.2) is 0 Å². The van der Waals surface area contributed by atoms with E-state index in [-0.39, 0.29) is 5.91 Å². The quantitative estimate of drug-likeness (QED) is 0.877. The molecule has 1 aliphatic rings. The summed E-state index contributed by atoms with van der Waals surface area (Å²) in [5.74, 6) is -0.0907. The van der Waals surface area contributed by atoms with Gasteiger partial charge in [-0.1, -0.05) is 6.92 Å². The van der Waals surface area contributed by atoms with Crippen LogP contribution in [0.25, 0.3) is 0 Å². The molecule has 2 N–H and O–H groups in total. The maximum Gasteiger partial charge on any atom is 0.329 e. The van der Waals surface area contributed by atoms with E-state index >= 15 is 0 Å². The summed E-state index contributed by atoms with van der Waals surface area (Å²) in [5, 5.41) is 12.3. The van der Waals surface area contributed by atoms with E-state index in [9.17, 15) is 14.7 Å². The van der Waals surface area contributed by atoms with Gasteiger partial charge in [-0.2, -0.15) is 0 Å². The zero-order chi connectivity index (χ0) is 16.2. The van der Waals surface area contributed by atoms with E-state index < -0.39 is 11.5 Å². The number of carboxylic acid groups (broad SMARTS) is 1. The Bertz CT molecular complexity index is 530. The molecule has 1 saturated carbocycles. The summed E-state index contributed by atoms with van der Waals surface area (Å²) in [6.45, 7) is 4.56. The van der Waals surface area contributed by atoms with E-state index in [1.54, 1.807) is 24.3 Å². The first-order valence-electron chi connectivity index (χ1n) is 7.75. The molecule has 0 heterocycles. The highest BCUT2D eigenvalue weighted by Gasteiger charge is 2.42. The molecule has 120 valence electrons. The summed E-state index contributed by atoms with van der Waals surface area (Å²) in [5.41, 5.74) is -0.690. The first-order valence-corrected chi connectivity index (χ1v) is 7.75. The first-order chi connectivity index (χ1) is 10.5. The van der Waals surface area contributed by atoms with Gasteiger partial charge >= 0.3 is 5.97 Å². The lowest BCUT2D eigenvalue weighted by atomic mass is 9.77. The Hall–Kier alpha value is -2.04. The van der Waals surface area contributed by atoms with Gasteiger partial charge in [0, 0.05) is 5.56 Å². The summed E-state index contributed by atoms with van der Waals surface area (Å²) < 4.78 is 5.33. The molecule has 22 heavy (non-hydrogen) atoms. The fourth-order valence-corrected chi connectivity index (χ4v) is 2.81.